The zero-order chi connectivity index (χ0) is 26.4. The van der Waals surface area contributed by atoms with Crippen LogP contribution in [0.3, 0.4) is 0 Å². The maximum absolute atomic E-state index is 15.5. The fraction of sp³-hybridized carbons (Fsp3) is 0.393. The lowest BCUT2D eigenvalue weighted by atomic mass is 10.0. The second-order valence-electron chi connectivity index (χ2n) is 10.1. The number of nitriles is 1. The lowest BCUT2D eigenvalue weighted by Crippen LogP contribution is -2.43. The van der Waals surface area contributed by atoms with Crippen LogP contribution in [0, 0.1) is 24.1 Å². The zero-order valence-electron chi connectivity index (χ0n) is 21.6. The lowest BCUT2D eigenvalue weighted by Gasteiger charge is -2.36. The number of halogens is 1. The van der Waals surface area contributed by atoms with Gasteiger partial charge >= 0.3 is 6.01 Å². The number of methoxy groups -OCH3 is 1. The number of fused-ring (bicyclic) bond motifs is 3. The fourth-order valence-electron chi connectivity index (χ4n) is 5.75. The standard InChI is InChI=1S/C28H28FN7O2/c1-16-25-27(34-28(32-16)37-3)36(26(33-25)19-8-17(12-30)13-31-14-19)15-18-4-7-22(11-24(18)29)38-23-9-20-5-6-21(10-23)35(20)2/h4,7-8,11,13-14,20-21,23H,5-6,9-10,15H2,1-3H3/t20-,21+,23+. The lowest BCUT2D eigenvalue weighted by molar-refractivity contribution is 0.0659. The molecule has 3 aromatic heterocycles. The molecule has 0 radical (unpaired) electrons. The van der Waals surface area contributed by atoms with Crippen LogP contribution < -0.4 is 9.47 Å². The van der Waals surface area contributed by atoms with E-state index in [2.05, 4.69) is 33.0 Å². The van der Waals surface area contributed by atoms with Gasteiger partial charge < -0.3 is 18.9 Å². The van der Waals surface area contributed by atoms with Gasteiger partial charge in [0.15, 0.2) is 5.65 Å². The molecular formula is C28H28FN7O2. The molecule has 2 aliphatic rings. The van der Waals surface area contributed by atoms with Crippen molar-refractivity contribution < 1.29 is 13.9 Å². The number of benzene rings is 1. The van der Waals surface area contributed by atoms with Gasteiger partial charge in [-0.25, -0.2) is 9.37 Å². The summed E-state index contributed by atoms with van der Waals surface area (Å²) in [5, 5.41) is 9.37. The Bertz CT molecular complexity index is 1550. The molecule has 2 saturated heterocycles. The monoisotopic (exact) mass is 513 g/mol. The summed E-state index contributed by atoms with van der Waals surface area (Å²) in [4.78, 5) is 20.3. The van der Waals surface area contributed by atoms with Gasteiger partial charge in [-0.15, -0.1) is 0 Å². The second-order valence-corrected chi connectivity index (χ2v) is 10.1. The normalized spacial score (nSPS) is 21.0. The Balaban J connectivity index is 1.34. The highest BCUT2D eigenvalue weighted by Gasteiger charge is 2.39. The molecule has 3 atom stereocenters. The summed E-state index contributed by atoms with van der Waals surface area (Å²) in [5.74, 6) is 0.686. The van der Waals surface area contributed by atoms with Crippen molar-refractivity contribution in [1.82, 2.24) is 29.4 Å². The minimum atomic E-state index is -0.368. The van der Waals surface area contributed by atoms with Crippen LogP contribution in [0.25, 0.3) is 22.6 Å². The maximum atomic E-state index is 15.5. The molecule has 2 fully saturated rings. The van der Waals surface area contributed by atoms with Gasteiger partial charge in [-0.1, -0.05) is 6.07 Å². The number of ether oxygens (including phenoxy) is 2. The molecule has 0 spiro atoms. The Labute approximate surface area is 219 Å². The zero-order valence-corrected chi connectivity index (χ0v) is 21.6. The molecule has 0 amide bonds. The Morgan fingerprint density at radius 3 is 2.61 bits per heavy atom. The fourth-order valence-corrected chi connectivity index (χ4v) is 5.75. The predicted octanol–water partition coefficient (Wildman–Crippen LogP) is 4.27. The third kappa shape index (κ3) is 4.33. The number of hydrogen-bond acceptors (Lipinski definition) is 8. The molecule has 38 heavy (non-hydrogen) atoms. The topological polar surface area (TPSA) is 102 Å². The molecule has 0 unspecified atom stereocenters. The Kier molecular flexibility index (Phi) is 6.16. The van der Waals surface area contributed by atoms with Crippen LogP contribution in [0.1, 0.15) is 42.5 Å². The summed E-state index contributed by atoms with van der Waals surface area (Å²) in [7, 11) is 3.69. The largest absolute Gasteiger partial charge is 0.490 e. The van der Waals surface area contributed by atoms with E-state index in [1.165, 1.54) is 32.2 Å². The molecule has 1 aromatic carbocycles. The summed E-state index contributed by atoms with van der Waals surface area (Å²) >= 11 is 0. The SMILES string of the molecule is COc1nc(C)c2nc(-c3cncc(C#N)c3)n(Cc3ccc(O[C@H]4C[C@H]5CC[C@@H](C4)N5C)cc3F)c2n1. The van der Waals surface area contributed by atoms with Crippen LogP contribution in [0.5, 0.6) is 11.8 Å². The van der Waals surface area contributed by atoms with Crippen molar-refractivity contribution in [2.45, 2.75) is 57.3 Å². The summed E-state index contributed by atoms with van der Waals surface area (Å²) in [5.41, 5.74) is 3.19. The van der Waals surface area contributed by atoms with Crippen molar-refractivity contribution in [1.29, 1.82) is 5.26 Å². The first-order chi connectivity index (χ1) is 18.4. The smallest absolute Gasteiger partial charge is 0.318 e. The van der Waals surface area contributed by atoms with Gasteiger partial charge in [-0.05, 0) is 51.8 Å². The average Bonchev–Trinajstić information content (AvgIpc) is 3.37. The van der Waals surface area contributed by atoms with Gasteiger partial charge in [0.25, 0.3) is 0 Å². The van der Waals surface area contributed by atoms with Crippen LogP contribution in [0.15, 0.2) is 36.7 Å². The van der Waals surface area contributed by atoms with Crippen molar-refractivity contribution in [3.63, 3.8) is 0 Å². The van der Waals surface area contributed by atoms with Crippen LogP contribution >= 0.6 is 0 Å². The van der Waals surface area contributed by atoms with Gasteiger partial charge in [-0.3, -0.25) is 4.98 Å². The van der Waals surface area contributed by atoms with Gasteiger partial charge in [0.2, 0.25) is 0 Å². The van der Waals surface area contributed by atoms with E-state index in [9.17, 15) is 5.26 Å². The second kappa shape index (κ2) is 9.65. The van der Waals surface area contributed by atoms with Crippen molar-refractivity contribution in [3.05, 3.63) is 59.3 Å². The summed E-state index contributed by atoms with van der Waals surface area (Å²) < 4.78 is 28.8. The molecule has 2 bridgehead atoms. The van der Waals surface area contributed by atoms with E-state index in [0.717, 1.165) is 12.8 Å². The number of aromatic nitrogens is 5. The van der Waals surface area contributed by atoms with E-state index in [1.807, 2.05) is 13.0 Å². The van der Waals surface area contributed by atoms with Crippen LogP contribution in [-0.2, 0) is 6.54 Å². The highest BCUT2D eigenvalue weighted by Crippen LogP contribution is 2.36. The third-order valence-electron chi connectivity index (χ3n) is 7.77. The molecule has 0 aliphatic carbocycles. The Hall–Kier alpha value is -4.10. The summed E-state index contributed by atoms with van der Waals surface area (Å²) in [6.45, 7) is 1.98. The number of nitrogens with zero attached hydrogens (tertiary/aromatic N) is 7. The highest BCUT2D eigenvalue weighted by molar-refractivity contribution is 5.79. The van der Waals surface area contributed by atoms with E-state index >= 15 is 4.39 Å². The number of aryl methyl sites for hydroxylation is 1. The van der Waals surface area contributed by atoms with Crippen molar-refractivity contribution >= 4 is 11.2 Å². The molecule has 194 valence electrons. The van der Waals surface area contributed by atoms with E-state index in [1.54, 1.807) is 22.9 Å². The molecule has 6 rings (SSSR count). The number of pyridine rings is 1. The third-order valence-corrected chi connectivity index (χ3v) is 7.77. The van der Waals surface area contributed by atoms with Crippen LogP contribution in [-0.4, -0.2) is 61.7 Å². The van der Waals surface area contributed by atoms with Gasteiger partial charge in [0.1, 0.15) is 35.1 Å². The molecule has 0 N–H and O–H groups in total. The molecule has 2 aliphatic heterocycles. The van der Waals surface area contributed by atoms with E-state index in [4.69, 9.17) is 14.5 Å². The molecule has 9 nitrogen and oxygen atoms in total. The average molecular weight is 514 g/mol. The number of hydrogen-bond donors (Lipinski definition) is 0. The summed E-state index contributed by atoms with van der Waals surface area (Å²) in [6.07, 6.45) is 7.56. The first-order valence-corrected chi connectivity index (χ1v) is 12.7. The molecule has 5 heterocycles. The minimum absolute atomic E-state index is 0.102. The van der Waals surface area contributed by atoms with Crippen molar-refractivity contribution in [2.24, 2.45) is 0 Å². The Morgan fingerprint density at radius 1 is 1.11 bits per heavy atom. The Morgan fingerprint density at radius 2 is 1.89 bits per heavy atom. The quantitative estimate of drug-likeness (QED) is 0.377. The molecule has 10 heteroatoms. The van der Waals surface area contributed by atoms with Gasteiger partial charge in [-0.2, -0.15) is 15.2 Å². The van der Waals surface area contributed by atoms with Crippen LogP contribution in [0.2, 0.25) is 0 Å². The number of rotatable bonds is 6. The minimum Gasteiger partial charge on any atom is -0.490 e. The first-order valence-electron chi connectivity index (χ1n) is 12.7. The van der Waals surface area contributed by atoms with Crippen molar-refractivity contribution in [2.75, 3.05) is 14.2 Å². The van der Waals surface area contributed by atoms with Gasteiger partial charge in [0, 0.05) is 41.7 Å². The molecular weight excluding hydrogens is 485 g/mol. The van der Waals surface area contributed by atoms with Crippen molar-refractivity contribution in [3.8, 4) is 29.2 Å². The summed E-state index contributed by atoms with van der Waals surface area (Å²) in [6, 6.07) is 10.1. The molecule has 0 saturated carbocycles. The van der Waals surface area contributed by atoms with E-state index in [0.29, 0.717) is 57.2 Å². The molecule has 4 aromatic rings. The maximum Gasteiger partial charge on any atom is 0.318 e. The van der Waals surface area contributed by atoms with E-state index in [-0.39, 0.29) is 24.5 Å². The number of piperidine rings is 1. The van der Waals surface area contributed by atoms with Gasteiger partial charge in [0.05, 0.1) is 24.9 Å². The first kappa shape index (κ1) is 24.2. The highest BCUT2D eigenvalue weighted by atomic mass is 19.1. The predicted molar refractivity (Wildman–Crippen MR) is 138 cm³/mol. The number of imidazole rings is 1. The van der Waals surface area contributed by atoms with Crippen LogP contribution in [0.4, 0.5) is 4.39 Å². The van der Waals surface area contributed by atoms with E-state index < -0.39 is 0 Å².